The summed E-state index contributed by atoms with van der Waals surface area (Å²) in [4.78, 5) is 20.8. The maximum atomic E-state index is 13.7. The number of sulfonamides is 1. The Morgan fingerprint density at radius 3 is 2.66 bits per heavy atom. The van der Waals surface area contributed by atoms with E-state index in [1.807, 2.05) is 32.0 Å². The van der Waals surface area contributed by atoms with Crippen molar-refractivity contribution >= 4 is 43.1 Å². The predicted molar refractivity (Wildman–Crippen MR) is 220 cm³/mol. The number of fused-ring (bicyclic) bond motifs is 5. The molecule has 1 amide bonds. The molecule has 2 aliphatic carbocycles. The van der Waals surface area contributed by atoms with E-state index in [0.717, 1.165) is 55.9 Å². The number of anilines is 1. The average Bonchev–Trinajstić information content (AvgIpc) is 3.28. The molecule has 1 N–H and O–H groups in total. The van der Waals surface area contributed by atoms with Crippen LogP contribution >= 0.6 is 11.6 Å². The summed E-state index contributed by atoms with van der Waals surface area (Å²) in [6.07, 6.45) is 9.67. The van der Waals surface area contributed by atoms with Gasteiger partial charge in [0, 0.05) is 74.5 Å². The molecule has 14 heteroatoms. The number of amides is 1. The molecule has 1 spiro atoms. The van der Waals surface area contributed by atoms with Crippen molar-refractivity contribution in [3.8, 4) is 5.75 Å². The number of allylic oxidation sites excluding steroid dienone is 1. The maximum Gasteiger partial charge on any atom is 0.264 e. The van der Waals surface area contributed by atoms with E-state index in [-0.39, 0.29) is 46.3 Å². The highest BCUT2D eigenvalue weighted by Crippen LogP contribution is 2.49. The summed E-state index contributed by atoms with van der Waals surface area (Å²) in [6, 6.07) is 11.5. The first kappa shape index (κ1) is 40.1. The second-order valence-electron chi connectivity index (χ2n) is 17.5. The molecule has 6 aliphatic rings. The zero-order chi connectivity index (χ0) is 39.5. The van der Waals surface area contributed by atoms with E-state index in [2.05, 4.69) is 43.7 Å². The summed E-state index contributed by atoms with van der Waals surface area (Å²) in [5.74, 6) is 0.568. The first-order valence-corrected chi connectivity index (χ1v) is 24.3. The molecule has 0 aromatic heterocycles. The fourth-order valence-electron chi connectivity index (χ4n) is 10.5. The number of sulfone groups is 1. The number of hydrogen-bond donors (Lipinski definition) is 1. The Morgan fingerprint density at radius 2 is 1.88 bits per heavy atom. The van der Waals surface area contributed by atoms with Gasteiger partial charge >= 0.3 is 0 Å². The summed E-state index contributed by atoms with van der Waals surface area (Å²) >= 11 is 6.51. The average molecular weight is 830 g/mol. The Labute approximate surface area is 338 Å². The van der Waals surface area contributed by atoms with Gasteiger partial charge in [0.15, 0.2) is 9.84 Å². The van der Waals surface area contributed by atoms with E-state index in [9.17, 15) is 21.6 Å². The molecule has 306 valence electrons. The van der Waals surface area contributed by atoms with Crippen LogP contribution in [0.1, 0.15) is 74.4 Å². The van der Waals surface area contributed by atoms with Crippen LogP contribution in [0.5, 0.6) is 5.75 Å². The third-order valence-electron chi connectivity index (χ3n) is 13.9. The van der Waals surface area contributed by atoms with Crippen molar-refractivity contribution < 1.29 is 31.1 Å². The van der Waals surface area contributed by atoms with Gasteiger partial charge in [0.2, 0.25) is 10.0 Å². The van der Waals surface area contributed by atoms with Gasteiger partial charge in [-0.2, -0.15) is 0 Å². The van der Waals surface area contributed by atoms with Crippen LogP contribution in [0, 0.1) is 17.8 Å². The molecule has 2 aromatic carbocycles. The Bertz CT molecular complexity index is 2080. The molecule has 3 fully saturated rings. The number of carbonyl (C=O) groups is 1. The third-order valence-corrected chi connectivity index (χ3v) is 17.8. The van der Waals surface area contributed by atoms with E-state index in [1.165, 1.54) is 11.1 Å². The molecular weight excluding hydrogens is 772 g/mol. The van der Waals surface area contributed by atoms with Gasteiger partial charge in [0.25, 0.3) is 5.91 Å². The Balaban J connectivity index is 1.19. The minimum Gasteiger partial charge on any atom is -0.490 e. The van der Waals surface area contributed by atoms with Gasteiger partial charge in [-0.1, -0.05) is 36.7 Å². The number of hydrogen-bond acceptors (Lipinski definition) is 10. The molecule has 56 heavy (non-hydrogen) atoms. The smallest absolute Gasteiger partial charge is 0.264 e. The maximum absolute atomic E-state index is 13.7. The van der Waals surface area contributed by atoms with Crippen LogP contribution in [-0.4, -0.2) is 120 Å². The number of piperazine rings is 1. The van der Waals surface area contributed by atoms with Crippen LogP contribution in [0.2, 0.25) is 5.02 Å². The summed E-state index contributed by atoms with van der Waals surface area (Å²) in [5.41, 5.74) is 2.58. The summed E-state index contributed by atoms with van der Waals surface area (Å²) < 4.78 is 68.8. The quantitative estimate of drug-likeness (QED) is 0.418. The number of aryl methyl sites for hydroxylation is 1. The molecular formula is C42H57ClN4O7S2. The largest absolute Gasteiger partial charge is 0.490 e. The summed E-state index contributed by atoms with van der Waals surface area (Å²) in [5, 5.41) is -0.106. The molecule has 0 radical (unpaired) electrons. The Kier molecular flexibility index (Phi) is 11.1. The van der Waals surface area contributed by atoms with Gasteiger partial charge in [-0.05, 0) is 112 Å². The van der Waals surface area contributed by atoms with Gasteiger partial charge in [0.05, 0.1) is 29.0 Å². The van der Waals surface area contributed by atoms with Crippen molar-refractivity contribution in [2.24, 2.45) is 17.8 Å². The molecule has 11 nitrogen and oxygen atoms in total. The molecule has 2 bridgehead atoms. The highest BCUT2D eigenvalue weighted by Gasteiger charge is 2.51. The molecule has 4 heterocycles. The number of nitrogens with one attached hydrogen (secondary N) is 1. The Hall–Kier alpha value is -2.68. The zero-order valence-corrected chi connectivity index (χ0v) is 35.3. The number of benzene rings is 2. The van der Waals surface area contributed by atoms with Crippen LogP contribution in [0.25, 0.3) is 0 Å². The van der Waals surface area contributed by atoms with Gasteiger partial charge in [-0.25, -0.2) is 21.6 Å². The number of rotatable bonds is 4. The number of halogens is 1. The topological polar surface area (TPSA) is 126 Å². The summed E-state index contributed by atoms with van der Waals surface area (Å²) in [6.45, 7) is 11.5. The van der Waals surface area contributed by atoms with E-state index >= 15 is 0 Å². The fraction of sp³-hybridized carbons (Fsp3) is 0.643. The normalized spacial score (nSPS) is 35.1. The molecule has 0 unspecified atom stereocenters. The van der Waals surface area contributed by atoms with Gasteiger partial charge in [-0.3, -0.25) is 14.6 Å². The zero-order valence-electron chi connectivity index (χ0n) is 32.9. The predicted octanol–water partition coefficient (Wildman–Crippen LogP) is 5.07. The van der Waals surface area contributed by atoms with Gasteiger partial charge < -0.3 is 14.4 Å². The summed E-state index contributed by atoms with van der Waals surface area (Å²) in [7, 11) is -7.09. The molecule has 4 aliphatic heterocycles. The molecule has 2 saturated heterocycles. The monoisotopic (exact) mass is 828 g/mol. The van der Waals surface area contributed by atoms with E-state index in [4.69, 9.17) is 21.1 Å². The van der Waals surface area contributed by atoms with Gasteiger partial charge in [-0.15, -0.1) is 0 Å². The lowest BCUT2D eigenvalue weighted by atomic mass is 9.63. The van der Waals surface area contributed by atoms with Crippen LogP contribution in [0.3, 0.4) is 0 Å². The highest BCUT2D eigenvalue weighted by molar-refractivity contribution is 7.91. The minimum absolute atomic E-state index is 0.0398. The molecule has 8 rings (SSSR count). The molecule has 1 saturated carbocycles. The van der Waals surface area contributed by atoms with Crippen LogP contribution in [0.4, 0.5) is 5.69 Å². The standard InChI is InChI=1S/C42H57ClN4O7S2/c1-4-54-42(27-45-17-18-46-19-20-55(49,50)25-35(46)24-45)16-5-7-29(2)30(3)56(51,52)44-40(48)32-10-14-39-38(22-32)47(23-33-9-12-37(33)42)26-41(28-53-39)15-6-8-31-21-34(43)11-13-36(31)41/h5,10-11,13-14,16,21-22,29-30,33,35,37H,4,6-9,12,15,17-20,23-28H2,1-3H3,(H,44,48)/b16-5-/t29-,30+,33-,35+,37+,41-,42-/m0/s1. The van der Waals surface area contributed by atoms with Crippen LogP contribution in [0.15, 0.2) is 48.6 Å². The first-order valence-electron chi connectivity index (χ1n) is 20.5. The third kappa shape index (κ3) is 7.77. The highest BCUT2D eigenvalue weighted by atomic mass is 35.5. The van der Waals surface area contributed by atoms with Crippen LogP contribution < -0.4 is 14.4 Å². The molecule has 2 aromatic rings. The fourth-order valence-corrected chi connectivity index (χ4v) is 13.6. The second kappa shape index (κ2) is 15.5. The second-order valence-corrected chi connectivity index (χ2v) is 22.2. The number of nitrogens with zero attached hydrogens (tertiary/aromatic N) is 3. The van der Waals surface area contributed by atoms with E-state index < -0.39 is 36.6 Å². The SMILES string of the molecule is CCO[C@]1(CN2CCN3CCS(=O)(=O)C[C@H]3C2)/C=C\C[C@H](C)[C@@H](C)S(=O)(=O)NC(=O)c2ccc3c(c2)N(C[C@@H]2CC[C@H]21)C[C@@]1(CCCc2cc(Cl)ccc21)CO3. The van der Waals surface area contributed by atoms with Crippen molar-refractivity contribution in [2.45, 2.75) is 81.6 Å². The van der Waals surface area contributed by atoms with Crippen molar-refractivity contribution in [3.05, 3.63) is 70.3 Å². The molecule has 7 atom stereocenters. The Morgan fingerprint density at radius 1 is 1.04 bits per heavy atom. The van der Waals surface area contributed by atoms with Crippen molar-refractivity contribution in [3.63, 3.8) is 0 Å². The first-order chi connectivity index (χ1) is 26.7. The number of ether oxygens (including phenoxy) is 2. The van der Waals surface area contributed by atoms with E-state index in [1.54, 1.807) is 13.0 Å². The van der Waals surface area contributed by atoms with Crippen LogP contribution in [-0.2, 0) is 36.4 Å². The van der Waals surface area contributed by atoms with Crippen molar-refractivity contribution in [1.82, 2.24) is 14.5 Å². The lowest BCUT2D eigenvalue weighted by Crippen LogP contribution is -2.63. The van der Waals surface area contributed by atoms with E-state index in [0.29, 0.717) is 58.1 Å². The van der Waals surface area contributed by atoms with Gasteiger partial charge in [0.1, 0.15) is 11.4 Å². The lowest BCUT2D eigenvalue weighted by Gasteiger charge is -2.53. The minimum atomic E-state index is -4.01. The number of carbonyl (C=O) groups excluding carboxylic acids is 1. The van der Waals surface area contributed by atoms with Crippen molar-refractivity contribution in [1.29, 1.82) is 0 Å². The van der Waals surface area contributed by atoms with Crippen molar-refractivity contribution in [2.75, 3.05) is 75.4 Å². The lowest BCUT2D eigenvalue weighted by molar-refractivity contribution is -0.114.